The van der Waals surface area contributed by atoms with Crippen LogP contribution in [-0.4, -0.2) is 47.4 Å². The Morgan fingerprint density at radius 1 is 1.13 bits per heavy atom. The normalized spacial score (nSPS) is 18.4. The van der Waals surface area contributed by atoms with Gasteiger partial charge < -0.3 is 24.8 Å². The molecule has 1 heterocycles. The van der Waals surface area contributed by atoms with Gasteiger partial charge in [-0.2, -0.15) is 0 Å². The monoisotopic (exact) mass is 628 g/mol. The van der Waals surface area contributed by atoms with Crippen LogP contribution < -0.4 is 15.2 Å². The molecule has 2 aromatic carbocycles. The number of nitrogens with zero attached hydrogens (tertiary/aromatic N) is 1. The Bertz CT molecular complexity index is 1230. The van der Waals surface area contributed by atoms with Gasteiger partial charge in [0.25, 0.3) is 5.91 Å². The van der Waals surface area contributed by atoms with E-state index >= 15 is 0 Å². The minimum Gasteiger partial charge on any atom is -0.493 e. The minimum absolute atomic E-state index is 0.0581. The van der Waals surface area contributed by atoms with Gasteiger partial charge in [0, 0.05) is 26.6 Å². The van der Waals surface area contributed by atoms with Gasteiger partial charge in [0.2, 0.25) is 0 Å². The summed E-state index contributed by atoms with van der Waals surface area (Å²) in [6, 6.07) is 5.19. The number of esters is 1. The Hall–Kier alpha value is -2.33. The molecule has 38 heavy (non-hydrogen) atoms. The molecule has 0 saturated heterocycles. The van der Waals surface area contributed by atoms with E-state index in [0.717, 1.165) is 0 Å². The Labute approximate surface area is 240 Å². The van der Waals surface area contributed by atoms with Gasteiger partial charge in [0.1, 0.15) is 11.6 Å². The summed E-state index contributed by atoms with van der Waals surface area (Å²) in [5.74, 6) is -1.87. The molecule has 0 saturated carbocycles. The Kier molecular flexibility index (Phi) is 9.40. The fourth-order valence-electron chi connectivity index (χ4n) is 4.15. The Morgan fingerprint density at radius 2 is 1.74 bits per heavy atom. The average Bonchev–Trinajstić information content (AvgIpc) is 2.90. The second kappa shape index (κ2) is 11.8. The fraction of sp³-hybridized carbons (Fsp3) is 0.444. The summed E-state index contributed by atoms with van der Waals surface area (Å²) in [5, 5.41) is 0.731. The lowest BCUT2D eigenvalue weighted by Crippen LogP contribution is -2.51. The van der Waals surface area contributed by atoms with E-state index in [4.69, 9.17) is 43.1 Å². The molecular formula is C27H31BrCl2N2O6. The third-order valence-corrected chi connectivity index (χ3v) is 6.66. The molecule has 0 aromatic heterocycles. The molecule has 3 atom stereocenters. The summed E-state index contributed by atoms with van der Waals surface area (Å²) in [6.07, 6.45) is -0.964. The van der Waals surface area contributed by atoms with E-state index in [0.29, 0.717) is 31.4 Å². The number of ether oxygens (including phenoxy) is 3. The first kappa shape index (κ1) is 30.2. The van der Waals surface area contributed by atoms with Crippen molar-refractivity contribution < 1.29 is 28.6 Å². The number of ketones is 1. The van der Waals surface area contributed by atoms with Gasteiger partial charge >= 0.3 is 5.97 Å². The number of methoxy groups -OCH3 is 1. The molecule has 0 aliphatic carbocycles. The summed E-state index contributed by atoms with van der Waals surface area (Å²) in [4.78, 5) is 42.3. The fourth-order valence-corrected chi connectivity index (χ4v) is 5.18. The lowest BCUT2D eigenvalue weighted by Gasteiger charge is -2.33. The smallest absolute Gasteiger partial charge is 0.331 e. The maximum Gasteiger partial charge on any atom is 0.331 e. The number of carbonyl (C=O) groups is 3. The number of Topliss-reactive ketones (excluding diaryl/α,β-unsaturated/α-hetero) is 1. The molecule has 2 aromatic rings. The van der Waals surface area contributed by atoms with Crippen molar-refractivity contribution in [3.63, 3.8) is 0 Å². The van der Waals surface area contributed by atoms with Crippen LogP contribution in [0.15, 0.2) is 34.8 Å². The largest absolute Gasteiger partial charge is 0.493 e. The number of halogens is 3. The second-order valence-corrected chi connectivity index (χ2v) is 12.2. The number of fused-ring (bicyclic) bond motifs is 1. The summed E-state index contributed by atoms with van der Waals surface area (Å²) in [7, 11) is 1.46. The van der Waals surface area contributed by atoms with Crippen LogP contribution in [0.1, 0.15) is 51.8 Å². The summed E-state index contributed by atoms with van der Waals surface area (Å²) in [5.41, 5.74) is 6.18. The first-order valence-corrected chi connectivity index (χ1v) is 13.5. The van der Waals surface area contributed by atoms with Crippen molar-refractivity contribution >= 4 is 56.8 Å². The van der Waals surface area contributed by atoms with Crippen LogP contribution in [0.3, 0.4) is 0 Å². The highest BCUT2D eigenvalue weighted by molar-refractivity contribution is 9.10. The number of benzene rings is 2. The van der Waals surface area contributed by atoms with Crippen molar-refractivity contribution in [2.75, 3.05) is 7.11 Å². The number of rotatable bonds is 7. The van der Waals surface area contributed by atoms with Crippen LogP contribution in [0.4, 0.5) is 0 Å². The van der Waals surface area contributed by atoms with Crippen molar-refractivity contribution in [3.8, 4) is 11.5 Å². The van der Waals surface area contributed by atoms with Gasteiger partial charge in [-0.25, -0.2) is 4.79 Å². The van der Waals surface area contributed by atoms with Crippen molar-refractivity contribution in [2.24, 2.45) is 11.7 Å². The van der Waals surface area contributed by atoms with Gasteiger partial charge in [-0.05, 0) is 62.6 Å². The molecule has 3 unspecified atom stereocenters. The number of hydrogen-bond donors (Lipinski definition) is 1. The van der Waals surface area contributed by atoms with Crippen LogP contribution in [-0.2, 0) is 25.7 Å². The zero-order chi connectivity index (χ0) is 28.5. The summed E-state index contributed by atoms with van der Waals surface area (Å²) < 4.78 is 17.7. The van der Waals surface area contributed by atoms with Crippen LogP contribution in [0.2, 0.25) is 10.0 Å². The van der Waals surface area contributed by atoms with Crippen molar-refractivity contribution in [3.05, 3.63) is 56.0 Å². The predicted octanol–water partition coefficient (Wildman–Crippen LogP) is 5.49. The van der Waals surface area contributed by atoms with Gasteiger partial charge in [-0.15, -0.1) is 0 Å². The molecule has 8 nitrogen and oxygen atoms in total. The predicted molar refractivity (Wildman–Crippen MR) is 149 cm³/mol. The molecule has 0 spiro atoms. The topological polar surface area (TPSA) is 108 Å². The average molecular weight is 630 g/mol. The molecule has 206 valence electrons. The van der Waals surface area contributed by atoms with Crippen LogP contribution >= 0.6 is 39.1 Å². The molecule has 1 amide bonds. The number of hydrogen-bond acceptors (Lipinski definition) is 7. The van der Waals surface area contributed by atoms with E-state index in [1.54, 1.807) is 51.1 Å². The van der Waals surface area contributed by atoms with Gasteiger partial charge in [0.05, 0.1) is 7.11 Å². The molecular weight excluding hydrogens is 599 g/mol. The number of amides is 1. The highest BCUT2D eigenvalue weighted by Crippen LogP contribution is 2.45. The molecule has 3 rings (SSSR count). The highest BCUT2D eigenvalue weighted by Gasteiger charge is 2.46. The van der Waals surface area contributed by atoms with Gasteiger partial charge in [-0.1, -0.05) is 53.0 Å². The summed E-state index contributed by atoms with van der Waals surface area (Å²) in [6.45, 7) is 8.62. The maximum absolute atomic E-state index is 14.0. The van der Waals surface area contributed by atoms with Crippen molar-refractivity contribution in [1.82, 2.24) is 4.90 Å². The molecule has 11 heteroatoms. The minimum atomic E-state index is -1.68. The van der Waals surface area contributed by atoms with Crippen LogP contribution in [0.5, 0.6) is 11.5 Å². The van der Waals surface area contributed by atoms with E-state index in [9.17, 15) is 14.4 Å². The van der Waals surface area contributed by atoms with Crippen LogP contribution in [0, 0.1) is 5.92 Å². The lowest BCUT2D eigenvalue weighted by molar-refractivity contribution is -0.160. The van der Waals surface area contributed by atoms with Crippen LogP contribution in [0.25, 0.3) is 0 Å². The zero-order valence-corrected chi connectivity index (χ0v) is 25.1. The first-order chi connectivity index (χ1) is 17.6. The third-order valence-electron chi connectivity index (χ3n) is 5.76. The van der Waals surface area contributed by atoms with E-state index in [1.807, 2.05) is 13.8 Å². The molecule has 2 N–H and O–H groups in total. The third kappa shape index (κ3) is 6.81. The number of carbonyl (C=O) groups excluding carboxylic acids is 3. The SMILES string of the molecule is COc1cc(Br)cc2c1OC(C(C)C)C(=O)N(Cc1cc(Cl)cc(Cl)c1)C2C(=O)C(N)C(=O)OC(C)(C)C. The maximum atomic E-state index is 14.0. The van der Waals surface area contributed by atoms with E-state index < -0.39 is 41.4 Å². The second-order valence-electron chi connectivity index (χ2n) is 10.4. The van der Waals surface area contributed by atoms with Gasteiger partial charge in [0.15, 0.2) is 29.4 Å². The summed E-state index contributed by atoms with van der Waals surface area (Å²) >= 11 is 15.9. The Balaban J connectivity index is 2.25. The molecule has 0 radical (unpaired) electrons. The molecule has 0 fully saturated rings. The number of nitrogens with two attached hydrogens (primary N) is 1. The molecule has 1 aliphatic rings. The quantitative estimate of drug-likeness (QED) is 0.319. The zero-order valence-electron chi connectivity index (χ0n) is 22.0. The highest BCUT2D eigenvalue weighted by atomic mass is 79.9. The standard InChI is InChI=1S/C27H31BrCl2N2O6/c1-13(2)23-25(34)32(12-14-7-16(29)11-17(30)8-14)21(22(33)20(31)26(35)38-27(3,4)5)18-9-15(28)10-19(36-6)24(18)37-23/h7-11,13,20-21,23H,12,31H2,1-6H3. The molecule has 1 aliphatic heterocycles. The van der Waals surface area contributed by atoms with E-state index in [1.165, 1.54) is 12.0 Å². The Morgan fingerprint density at radius 3 is 2.26 bits per heavy atom. The molecule has 0 bridgehead atoms. The van der Waals surface area contributed by atoms with E-state index in [-0.39, 0.29) is 18.2 Å². The van der Waals surface area contributed by atoms with E-state index in [2.05, 4.69) is 15.9 Å². The van der Waals surface area contributed by atoms with Gasteiger partial charge in [-0.3, -0.25) is 9.59 Å². The van der Waals surface area contributed by atoms with Crippen molar-refractivity contribution in [2.45, 2.75) is 65.0 Å². The van der Waals surface area contributed by atoms with Crippen molar-refractivity contribution in [1.29, 1.82) is 0 Å². The first-order valence-electron chi connectivity index (χ1n) is 11.9. The lowest BCUT2D eigenvalue weighted by atomic mass is 9.94.